The Kier molecular flexibility index (Phi) is 25.0. The zero-order valence-electron chi connectivity index (χ0n) is 53.3. The lowest BCUT2D eigenvalue weighted by atomic mass is 10.00. The molecule has 0 spiro atoms. The van der Waals surface area contributed by atoms with Crippen molar-refractivity contribution < 1.29 is 48.5 Å². The van der Waals surface area contributed by atoms with E-state index in [2.05, 4.69) is 5.32 Å². The van der Waals surface area contributed by atoms with Crippen LogP contribution in [-0.4, -0.2) is 120 Å². The molecule has 0 bridgehead atoms. The van der Waals surface area contributed by atoms with E-state index in [-0.39, 0.29) is 123 Å². The molecule has 88 heavy (non-hydrogen) atoms. The van der Waals surface area contributed by atoms with E-state index in [4.69, 9.17) is 5.21 Å². The van der Waals surface area contributed by atoms with Crippen LogP contribution in [0.5, 0.6) is 0 Å². The second kappa shape index (κ2) is 31.1. The van der Waals surface area contributed by atoms with Gasteiger partial charge in [0.15, 0.2) is 0 Å². The standard InChI is InChI=1S/C67H90N6O11S4/c1-47-38-51(5)64(52(6)39-47)85(77,78)70(31-20-30-68-62(74)28-18-19-29-63(75)69-76)32-21-33-71(86(79,80)65-53(7)40-48(2)41-54(65)8)34-22-35-72(87(81,82)66-55(9)42-49(3)43-56(66)10)36-23-37-73(88(83,84)67-57(11)44-50(4)45-58(67)12)46-60-26-16-17-27-61(60)59-24-14-13-15-25-59/h13-17,24-27,38-45,76H,18-23,28-37,46H2,1-12H3,(H,68,74)(H,69,75). The molecule has 0 aliphatic heterocycles. The lowest BCUT2D eigenvalue weighted by molar-refractivity contribution is -0.129. The van der Waals surface area contributed by atoms with Crippen LogP contribution in [0.4, 0.5) is 0 Å². The Morgan fingerprint density at radius 3 is 1.02 bits per heavy atom. The number of sulfonamides is 4. The molecule has 21 heteroatoms. The summed E-state index contributed by atoms with van der Waals surface area (Å²) in [6.45, 7) is 20.9. The molecule has 0 unspecified atom stereocenters. The highest BCUT2D eigenvalue weighted by Gasteiger charge is 2.34. The molecule has 0 heterocycles. The second-order valence-electron chi connectivity index (χ2n) is 23.5. The van der Waals surface area contributed by atoms with Crippen LogP contribution in [-0.2, 0) is 56.2 Å². The minimum atomic E-state index is -4.33. The van der Waals surface area contributed by atoms with Gasteiger partial charge in [0.05, 0.1) is 19.6 Å². The number of nitrogens with one attached hydrogen (secondary N) is 2. The molecule has 17 nitrogen and oxygen atoms in total. The van der Waals surface area contributed by atoms with Crippen molar-refractivity contribution in [3.8, 4) is 11.1 Å². The van der Waals surface area contributed by atoms with E-state index in [0.29, 0.717) is 57.3 Å². The van der Waals surface area contributed by atoms with E-state index in [1.54, 1.807) is 97.3 Å². The number of benzene rings is 6. The van der Waals surface area contributed by atoms with Gasteiger partial charge in [-0.15, -0.1) is 0 Å². The summed E-state index contributed by atoms with van der Waals surface area (Å²) in [6, 6.07) is 31.8. The van der Waals surface area contributed by atoms with Gasteiger partial charge in [0.2, 0.25) is 51.9 Å². The Bertz CT molecular complexity index is 3840. The zero-order valence-corrected chi connectivity index (χ0v) is 56.6. The van der Waals surface area contributed by atoms with Gasteiger partial charge in [-0.05, 0) is 183 Å². The van der Waals surface area contributed by atoms with Crippen LogP contribution in [0.2, 0.25) is 0 Å². The summed E-state index contributed by atoms with van der Waals surface area (Å²) in [5.74, 6) is -0.826. The summed E-state index contributed by atoms with van der Waals surface area (Å²) < 4.78 is 127. The Hall–Kier alpha value is -6.14. The minimum Gasteiger partial charge on any atom is -0.356 e. The molecule has 0 radical (unpaired) electrons. The van der Waals surface area contributed by atoms with Gasteiger partial charge in [-0.1, -0.05) is 125 Å². The predicted molar refractivity (Wildman–Crippen MR) is 348 cm³/mol. The van der Waals surface area contributed by atoms with Crippen LogP contribution in [0.1, 0.15) is 124 Å². The van der Waals surface area contributed by atoms with Crippen LogP contribution >= 0.6 is 0 Å². The molecule has 3 N–H and O–H groups in total. The van der Waals surface area contributed by atoms with Gasteiger partial charge in [-0.2, -0.15) is 17.2 Å². The second-order valence-corrected chi connectivity index (χ2v) is 31.0. The number of unbranched alkanes of at least 4 members (excludes halogenated alkanes) is 1. The van der Waals surface area contributed by atoms with Crippen molar-refractivity contribution >= 4 is 51.9 Å². The number of hydrogen-bond donors (Lipinski definition) is 3. The fourth-order valence-corrected chi connectivity index (χ4v) is 20.0. The third-order valence-electron chi connectivity index (χ3n) is 15.8. The van der Waals surface area contributed by atoms with Gasteiger partial charge in [-0.3, -0.25) is 14.8 Å². The van der Waals surface area contributed by atoms with E-state index in [9.17, 15) is 18.0 Å². The van der Waals surface area contributed by atoms with Crippen molar-refractivity contribution in [1.82, 2.24) is 28.0 Å². The number of carbonyl (C=O) groups is 2. The predicted octanol–water partition coefficient (Wildman–Crippen LogP) is 11.1. The number of hydroxylamine groups is 1. The van der Waals surface area contributed by atoms with Gasteiger partial charge in [0.1, 0.15) is 0 Å². The number of nitrogens with zero attached hydrogens (tertiary/aromatic N) is 4. The Morgan fingerprint density at radius 1 is 0.375 bits per heavy atom. The number of rotatable bonds is 32. The van der Waals surface area contributed by atoms with Gasteiger partial charge in [0.25, 0.3) is 0 Å². The van der Waals surface area contributed by atoms with Crippen molar-refractivity contribution in [2.45, 2.75) is 161 Å². The molecule has 0 aliphatic carbocycles. The van der Waals surface area contributed by atoms with Gasteiger partial charge in [-0.25, -0.2) is 39.2 Å². The largest absolute Gasteiger partial charge is 0.356 e. The van der Waals surface area contributed by atoms with Crippen molar-refractivity contribution in [2.24, 2.45) is 0 Å². The SMILES string of the molecule is Cc1cc(C)c(S(=O)(=O)N(CCCNC(=O)CCCCC(=O)NO)CCCN(CCCN(CCCN(Cc2ccccc2-c2ccccc2)S(=O)(=O)c2c(C)cc(C)cc2C)S(=O)(=O)c2c(C)cc(C)cc2C)S(=O)(=O)c2c(C)cc(C)cc2C)c(C)c1. The highest BCUT2D eigenvalue weighted by Crippen LogP contribution is 2.33. The number of amides is 2. The maximum absolute atomic E-state index is 15.3. The van der Waals surface area contributed by atoms with E-state index >= 15 is 25.3 Å². The van der Waals surface area contributed by atoms with Crippen molar-refractivity contribution in [2.75, 3.05) is 52.4 Å². The van der Waals surface area contributed by atoms with Crippen molar-refractivity contribution in [3.63, 3.8) is 0 Å². The normalized spacial score (nSPS) is 12.4. The van der Waals surface area contributed by atoms with E-state index in [1.807, 2.05) is 94.4 Å². The molecule has 0 saturated heterocycles. The Balaban J connectivity index is 1.33. The molecule has 0 fully saturated rings. The number of hydrogen-bond acceptors (Lipinski definition) is 11. The fourth-order valence-electron chi connectivity index (χ4n) is 12.4. The molecular formula is C67H90N6O11S4. The number of aryl methyl sites for hydroxylation is 12. The van der Waals surface area contributed by atoms with Gasteiger partial charge >= 0.3 is 0 Å². The van der Waals surface area contributed by atoms with Crippen LogP contribution in [0.15, 0.2) is 123 Å². The first kappa shape index (κ1) is 70.9. The van der Waals surface area contributed by atoms with E-state index in [0.717, 1.165) is 38.9 Å². The highest BCUT2D eigenvalue weighted by molar-refractivity contribution is 7.90. The first-order chi connectivity index (χ1) is 41.4. The molecule has 0 aliphatic rings. The number of carbonyl (C=O) groups excluding carboxylic acids is 2. The monoisotopic (exact) mass is 1280 g/mol. The average Bonchev–Trinajstić information content (AvgIpc) is 1.69. The quantitative estimate of drug-likeness (QED) is 0.0204. The third kappa shape index (κ3) is 17.8. The molecule has 6 aromatic rings. The lowest BCUT2D eigenvalue weighted by Gasteiger charge is -2.29. The lowest BCUT2D eigenvalue weighted by Crippen LogP contribution is -2.41. The van der Waals surface area contributed by atoms with Gasteiger partial charge < -0.3 is 5.32 Å². The summed E-state index contributed by atoms with van der Waals surface area (Å²) in [5, 5.41) is 11.6. The topological polar surface area (TPSA) is 228 Å². The molecule has 0 atom stereocenters. The summed E-state index contributed by atoms with van der Waals surface area (Å²) in [7, 11) is -17.0. The zero-order chi connectivity index (χ0) is 64.9. The van der Waals surface area contributed by atoms with Crippen LogP contribution in [0, 0.1) is 83.1 Å². The molecule has 478 valence electrons. The maximum Gasteiger partial charge on any atom is 0.243 e. The van der Waals surface area contributed by atoms with Crippen LogP contribution in [0.3, 0.4) is 0 Å². The molecule has 0 saturated carbocycles. The summed E-state index contributed by atoms with van der Waals surface area (Å²) in [4.78, 5) is 24.7. The molecule has 6 rings (SSSR count). The van der Waals surface area contributed by atoms with Gasteiger partial charge in [0, 0.05) is 71.7 Å². The smallest absolute Gasteiger partial charge is 0.243 e. The summed E-state index contributed by atoms with van der Waals surface area (Å²) >= 11 is 0. The summed E-state index contributed by atoms with van der Waals surface area (Å²) in [6.07, 6.45) is 1.33. The van der Waals surface area contributed by atoms with Crippen LogP contribution < -0.4 is 10.8 Å². The molecular weight excluding hydrogens is 1190 g/mol. The highest BCUT2D eigenvalue weighted by atomic mass is 32.2. The van der Waals surface area contributed by atoms with E-state index < -0.39 is 46.0 Å². The minimum absolute atomic E-state index is 0.0101. The van der Waals surface area contributed by atoms with Crippen molar-refractivity contribution in [1.29, 1.82) is 0 Å². The maximum atomic E-state index is 15.3. The first-order valence-corrected chi connectivity index (χ1v) is 35.8. The summed E-state index contributed by atoms with van der Waals surface area (Å²) in [5.41, 5.74) is 12.0. The Morgan fingerprint density at radius 2 is 0.670 bits per heavy atom. The van der Waals surface area contributed by atoms with E-state index in [1.165, 1.54) is 17.2 Å². The first-order valence-electron chi connectivity index (χ1n) is 30.1. The molecule has 2 amide bonds. The average molecular weight is 1280 g/mol. The Labute approximate surface area is 524 Å². The fraction of sp³-hybridized carbons (Fsp3) is 0.433. The van der Waals surface area contributed by atoms with Crippen LogP contribution in [0.25, 0.3) is 11.1 Å². The van der Waals surface area contributed by atoms with Crippen molar-refractivity contribution in [3.05, 3.63) is 175 Å². The molecule has 6 aromatic carbocycles. The molecule has 0 aromatic heterocycles. The third-order valence-corrected chi connectivity index (χ3v) is 24.6.